The van der Waals surface area contributed by atoms with Crippen LogP contribution >= 0.6 is 0 Å². The largest absolute Gasteiger partial charge is 0.493 e. The first kappa shape index (κ1) is 22.7. The smallest absolute Gasteiger partial charge is 0.258 e. The number of aromatic amines is 2. The zero-order chi connectivity index (χ0) is 25.2. The van der Waals surface area contributed by atoms with E-state index in [1.165, 1.54) is 0 Å². The van der Waals surface area contributed by atoms with Gasteiger partial charge in [0.15, 0.2) is 0 Å². The highest BCUT2D eigenvalue weighted by atomic mass is 16.5. The molecule has 1 aliphatic rings. The fraction of sp³-hybridized carbons (Fsp3) is 0.179. The Morgan fingerprint density at radius 3 is 2.81 bits per heavy atom. The van der Waals surface area contributed by atoms with Gasteiger partial charge in [0, 0.05) is 36.3 Å². The minimum absolute atomic E-state index is 0.135. The van der Waals surface area contributed by atoms with Crippen LogP contribution < -0.4 is 15.6 Å². The summed E-state index contributed by atoms with van der Waals surface area (Å²) in [5, 5.41) is 10.2. The first-order chi connectivity index (χ1) is 18.1. The number of fused-ring (bicyclic) bond motifs is 2. The van der Waals surface area contributed by atoms with Gasteiger partial charge in [0.2, 0.25) is 0 Å². The van der Waals surface area contributed by atoms with Gasteiger partial charge in [-0.15, -0.1) is 0 Å². The lowest BCUT2D eigenvalue weighted by molar-refractivity contribution is 0.0954. The topological polar surface area (TPSA) is 126 Å². The van der Waals surface area contributed by atoms with Crippen molar-refractivity contribution in [1.29, 1.82) is 0 Å². The molecule has 2 aromatic carbocycles. The maximum atomic E-state index is 12.9. The predicted molar refractivity (Wildman–Crippen MR) is 139 cm³/mol. The number of amides is 1. The summed E-state index contributed by atoms with van der Waals surface area (Å²) < 4.78 is 5.97. The Labute approximate surface area is 212 Å². The molecule has 37 heavy (non-hydrogen) atoms. The lowest BCUT2D eigenvalue weighted by Gasteiger charge is -2.25. The number of carbonyl (C=O) groups is 1. The lowest BCUT2D eigenvalue weighted by atomic mass is 9.94. The van der Waals surface area contributed by atoms with E-state index < -0.39 is 0 Å². The Kier molecular flexibility index (Phi) is 5.94. The number of aromatic nitrogens is 5. The highest BCUT2D eigenvalue weighted by Gasteiger charge is 2.25. The molecule has 9 heteroatoms. The molecule has 1 atom stereocenters. The van der Waals surface area contributed by atoms with Crippen LogP contribution in [-0.2, 0) is 12.8 Å². The minimum Gasteiger partial charge on any atom is -0.493 e. The first-order valence-corrected chi connectivity index (χ1v) is 12.1. The van der Waals surface area contributed by atoms with Gasteiger partial charge in [0.1, 0.15) is 11.6 Å². The molecule has 3 aromatic heterocycles. The van der Waals surface area contributed by atoms with Gasteiger partial charge < -0.3 is 15.0 Å². The maximum absolute atomic E-state index is 12.9. The molecule has 184 valence electrons. The van der Waals surface area contributed by atoms with Crippen LogP contribution in [-0.4, -0.2) is 44.2 Å². The first-order valence-electron chi connectivity index (χ1n) is 12.1. The highest BCUT2D eigenvalue weighted by molar-refractivity contribution is 5.94. The van der Waals surface area contributed by atoms with E-state index in [1.54, 1.807) is 30.9 Å². The van der Waals surface area contributed by atoms with Gasteiger partial charge >= 0.3 is 0 Å². The standard InChI is InChI=1S/C28H24N6O3/c35-27(30-10-7-17-5-8-29-9-6-17)19-2-4-25-20(11-19)12-21(16-37-25)26-33-24-3-1-18(22-14-31-32-15-22)13-23(24)28(36)34-26/h1-6,8-9,11,13-15,21H,7,10,12,16H2,(H,30,35)(H,31,32)(H,33,34,36). The Hall–Kier alpha value is -4.79. The average molecular weight is 493 g/mol. The molecule has 4 heterocycles. The van der Waals surface area contributed by atoms with Crippen molar-refractivity contribution in [3.05, 3.63) is 106 Å². The van der Waals surface area contributed by atoms with Crippen molar-refractivity contribution in [2.24, 2.45) is 0 Å². The summed E-state index contributed by atoms with van der Waals surface area (Å²) in [6.07, 6.45) is 8.32. The third-order valence-electron chi connectivity index (χ3n) is 6.62. The molecule has 0 radical (unpaired) electrons. The number of H-pyrrole nitrogens is 2. The second kappa shape index (κ2) is 9.69. The van der Waals surface area contributed by atoms with Gasteiger partial charge in [-0.1, -0.05) is 6.07 Å². The van der Waals surface area contributed by atoms with Crippen molar-refractivity contribution in [1.82, 2.24) is 30.5 Å². The molecule has 1 unspecified atom stereocenters. The van der Waals surface area contributed by atoms with Crippen LogP contribution in [0, 0.1) is 0 Å². The molecule has 3 N–H and O–H groups in total. The van der Waals surface area contributed by atoms with Crippen molar-refractivity contribution in [3.8, 4) is 16.9 Å². The molecule has 1 amide bonds. The van der Waals surface area contributed by atoms with E-state index in [0.717, 1.165) is 34.4 Å². The number of carbonyl (C=O) groups excluding carboxylic acids is 1. The van der Waals surface area contributed by atoms with E-state index in [9.17, 15) is 9.59 Å². The molecule has 0 saturated carbocycles. The Morgan fingerprint density at radius 2 is 1.97 bits per heavy atom. The van der Waals surface area contributed by atoms with E-state index in [1.807, 2.05) is 42.5 Å². The number of hydrogen-bond acceptors (Lipinski definition) is 6. The molecule has 0 saturated heterocycles. The molecular weight excluding hydrogens is 468 g/mol. The van der Waals surface area contributed by atoms with Crippen molar-refractivity contribution in [3.63, 3.8) is 0 Å². The Bertz CT molecular complexity index is 1630. The molecule has 9 nitrogen and oxygen atoms in total. The van der Waals surface area contributed by atoms with E-state index in [0.29, 0.717) is 41.9 Å². The SMILES string of the molecule is O=C(NCCc1ccncc1)c1ccc2c(c1)CC(c1nc3ccc(-c4cn[nH]c4)cc3c(=O)[nH]1)CO2. The van der Waals surface area contributed by atoms with Gasteiger partial charge in [0.05, 0.1) is 29.6 Å². The molecule has 6 rings (SSSR count). The summed E-state index contributed by atoms with van der Waals surface area (Å²) in [6, 6.07) is 14.9. The third-order valence-corrected chi connectivity index (χ3v) is 6.62. The summed E-state index contributed by atoms with van der Waals surface area (Å²) >= 11 is 0. The number of hydrogen-bond donors (Lipinski definition) is 3. The number of rotatable bonds is 6. The molecule has 1 aliphatic heterocycles. The summed E-state index contributed by atoms with van der Waals surface area (Å²) in [5.41, 5.74) is 4.83. The quantitative estimate of drug-likeness (QED) is 0.334. The van der Waals surface area contributed by atoms with Crippen LogP contribution in [0.25, 0.3) is 22.0 Å². The van der Waals surface area contributed by atoms with Crippen molar-refractivity contribution < 1.29 is 9.53 Å². The molecule has 0 spiro atoms. The number of ether oxygens (including phenoxy) is 1. The van der Waals surface area contributed by atoms with Gasteiger partial charge in [-0.25, -0.2) is 4.98 Å². The van der Waals surface area contributed by atoms with Crippen LogP contribution in [0.15, 0.2) is 78.1 Å². The number of benzene rings is 2. The van der Waals surface area contributed by atoms with E-state index >= 15 is 0 Å². The predicted octanol–water partition coefficient (Wildman–Crippen LogP) is 3.40. The zero-order valence-corrected chi connectivity index (χ0v) is 19.9. The molecule has 5 aromatic rings. The van der Waals surface area contributed by atoms with Gasteiger partial charge in [-0.05, 0) is 72.0 Å². The normalized spacial score (nSPS) is 14.6. The second-order valence-corrected chi connectivity index (χ2v) is 9.07. The second-order valence-electron chi connectivity index (χ2n) is 9.07. The number of nitrogens with one attached hydrogen (secondary N) is 3. The van der Waals surface area contributed by atoms with Crippen LogP contribution in [0.2, 0.25) is 0 Å². The van der Waals surface area contributed by atoms with Crippen LogP contribution in [0.1, 0.15) is 33.2 Å². The van der Waals surface area contributed by atoms with Gasteiger partial charge in [-0.3, -0.25) is 19.7 Å². The van der Waals surface area contributed by atoms with Crippen molar-refractivity contribution in [2.75, 3.05) is 13.2 Å². The number of pyridine rings is 1. The Morgan fingerprint density at radius 1 is 1.08 bits per heavy atom. The van der Waals surface area contributed by atoms with E-state index in [4.69, 9.17) is 9.72 Å². The summed E-state index contributed by atoms with van der Waals surface area (Å²) in [5.74, 6) is 1.05. The minimum atomic E-state index is -0.196. The highest BCUT2D eigenvalue weighted by Crippen LogP contribution is 2.32. The molecule has 0 fully saturated rings. The van der Waals surface area contributed by atoms with Gasteiger partial charge in [0.25, 0.3) is 11.5 Å². The summed E-state index contributed by atoms with van der Waals surface area (Å²) in [7, 11) is 0. The fourth-order valence-corrected chi connectivity index (χ4v) is 4.62. The fourth-order valence-electron chi connectivity index (χ4n) is 4.62. The Balaban J connectivity index is 1.19. The molecule has 0 aliphatic carbocycles. The zero-order valence-electron chi connectivity index (χ0n) is 19.9. The van der Waals surface area contributed by atoms with Crippen LogP contribution in [0.4, 0.5) is 0 Å². The average Bonchev–Trinajstić information content (AvgIpc) is 3.48. The maximum Gasteiger partial charge on any atom is 0.258 e. The van der Waals surface area contributed by atoms with Crippen LogP contribution in [0.3, 0.4) is 0 Å². The van der Waals surface area contributed by atoms with E-state index in [2.05, 4.69) is 25.5 Å². The lowest BCUT2D eigenvalue weighted by Crippen LogP contribution is -2.27. The third kappa shape index (κ3) is 4.71. The summed E-state index contributed by atoms with van der Waals surface area (Å²) in [4.78, 5) is 37.4. The molecular formula is C28H24N6O3. The van der Waals surface area contributed by atoms with E-state index in [-0.39, 0.29) is 17.4 Å². The van der Waals surface area contributed by atoms with Gasteiger partial charge in [-0.2, -0.15) is 5.10 Å². The number of nitrogens with zero attached hydrogens (tertiary/aromatic N) is 3. The van der Waals surface area contributed by atoms with Crippen molar-refractivity contribution in [2.45, 2.75) is 18.8 Å². The summed E-state index contributed by atoms with van der Waals surface area (Å²) in [6.45, 7) is 0.926. The van der Waals surface area contributed by atoms with Crippen LogP contribution in [0.5, 0.6) is 5.75 Å². The van der Waals surface area contributed by atoms with Crippen molar-refractivity contribution >= 4 is 16.8 Å². The molecule has 0 bridgehead atoms. The monoisotopic (exact) mass is 492 g/mol.